The molecule has 0 aliphatic carbocycles. The molecule has 0 spiro atoms. The molecule has 184 valence electrons. The Bertz CT molecular complexity index is 650. The third kappa shape index (κ3) is 12.5. The fraction of sp³-hybridized carbons (Fsp3) is 0.737. The number of hydrogen-bond donors (Lipinski definition) is 7. The fourth-order valence-electron chi connectivity index (χ4n) is 2.61. The van der Waals surface area contributed by atoms with E-state index in [9.17, 15) is 24.0 Å². The SMILES string of the molecule is CSCCC(NC(=O)C(CCC(=O)O)NC(=O)C(N)CCCCN)C(=O)NC(C)C(=O)O. The second-order valence-corrected chi connectivity index (χ2v) is 8.28. The van der Waals surface area contributed by atoms with Gasteiger partial charge in [0.2, 0.25) is 17.7 Å². The van der Waals surface area contributed by atoms with Gasteiger partial charge in [0.1, 0.15) is 18.1 Å². The normalized spacial score (nSPS) is 14.5. The number of carbonyl (C=O) groups is 5. The van der Waals surface area contributed by atoms with Crippen molar-refractivity contribution < 1.29 is 34.2 Å². The number of unbranched alkanes of at least 4 members (excludes halogenated alkanes) is 1. The average Bonchev–Trinajstić information content (AvgIpc) is 2.73. The number of nitrogens with two attached hydrogens (primary N) is 2. The molecular formula is C19H35N5O7S. The maximum Gasteiger partial charge on any atom is 0.325 e. The van der Waals surface area contributed by atoms with Crippen LogP contribution < -0.4 is 27.4 Å². The van der Waals surface area contributed by atoms with Gasteiger partial charge in [-0.15, -0.1) is 0 Å². The lowest BCUT2D eigenvalue weighted by atomic mass is 10.1. The predicted octanol–water partition coefficient (Wildman–Crippen LogP) is -1.38. The Morgan fingerprint density at radius 2 is 1.44 bits per heavy atom. The van der Waals surface area contributed by atoms with Gasteiger partial charge in [-0.2, -0.15) is 11.8 Å². The van der Waals surface area contributed by atoms with Gasteiger partial charge in [0.05, 0.1) is 6.04 Å². The topological polar surface area (TPSA) is 214 Å². The van der Waals surface area contributed by atoms with Crippen molar-refractivity contribution in [2.24, 2.45) is 11.5 Å². The van der Waals surface area contributed by atoms with Crippen molar-refractivity contribution in [1.82, 2.24) is 16.0 Å². The lowest BCUT2D eigenvalue weighted by Crippen LogP contribution is -2.57. The van der Waals surface area contributed by atoms with Crippen LogP contribution in [0, 0.1) is 0 Å². The van der Waals surface area contributed by atoms with Crippen LogP contribution in [0.4, 0.5) is 0 Å². The highest BCUT2D eigenvalue weighted by Gasteiger charge is 2.29. The quantitative estimate of drug-likeness (QED) is 0.122. The highest BCUT2D eigenvalue weighted by Crippen LogP contribution is 2.06. The minimum absolute atomic E-state index is 0.204. The number of carboxylic acids is 2. The molecule has 3 amide bonds. The van der Waals surface area contributed by atoms with Crippen LogP contribution in [0.15, 0.2) is 0 Å². The van der Waals surface area contributed by atoms with Crippen molar-refractivity contribution in [3.05, 3.63) is 0 Å². The monoisotopic (exact) mass is 477 g/mol. The first-order valence-electron chi connectivity index (χ1n) is 10.3. The number of thioether (sulfide) groups is 1. The van der Waals surface area contributed by atoms with Gasteiger partial charge in [0.25, 0.3) is 0 Å². The Kier molecular flexibility index (Phi) is 15.1. The summed E-state index contributed by atoms with van der Waals surface area (Å²) in [6.07, 6.45) is 3.08. The molecule has 12 nitrogen and oxygen atoms in total. The van der Waals surface area contributed by atoms with Crippen molar-refractivity contribution >= 4 is 41.4 Å². The summed E-state index contributed by atoms with van der Waals surface area (Å²) in [6.45, 7) is 1.74. The van der Waals surface area contributed by atoms with E-state index in [-0.39, 0.29) is 12.8 Å². The number of hydrogen-bond acceptors (Lipinski definition) is 8. The van der Waals surface area contributed by atoms with Crippen LogP contribution in [0.3, 0.4) is 0 Å². The van der Waals surface area contributed by atoms with Gasteiger partial charge >= 0.3 is 11.9 Å². The Morgan fingerprint density at radius 1 is 0.875 bits per heavy atom. The predicted molar refractivity (Wildman–Crippen MR) is 120 cm³/mol. The van der Waals surface area contributed by atoms with Crippen LogP contribution in [0.2, 0.25) is 0 Å². The molecule has 0 heterocycles. The largest absolute Gasteiger partial charge is 0.481 e. The highest BCUT2D eigenvalue weighted by molar-refractivity contribution is 7.98. The summed E-state index contributed by atoms with van der Waals surface area (Å²) >= 11 is 1.43. The molecule has 0 radical (unpaired) electrons. The smallest absolute Gasteiger partial charge is 0.325 e. The van der Waals surface area contributed by atoms with Gasteiger partial charge in [0, 0.05) is 6.42 Å². The first-order valence-corrected chi connectivity index (χ1v) is 11.7. The van der Waals surface area contributed by atoms with Gasteiger partial charge in [-0.25, -0.2) is 0 Å². The molecule has 0 saturated carbocycles. The number of rotatable bonds is 17. The van der Waals surface area contributed by atoms with Gasteiger partial charge < -0.3 is 37.6 Å². The summed E-state index contributed by atoms with van der Waals surface area (Å²) in [5.41, 5.74) is 11.3. The molecular weight excluding hydrogens is 442 g/mol. The average molecular weight is 478 g/mol. The highest BCUT2D eigenvalue weighted by atomic mass is 32.2. The van der Waals surface area contributed by atoms with Gasteiger partial charge in [-0.3, -0.25) is 24.0 Å². The molecule has 0 fully saturated rings. The second kappa shape index (κ2) is 16.3. The van der Waals surface area contributed by atoms with E-state index < -0.39 is 60.2 Å². The molecule has 0 rings (SSSR count). The van der Waals surface area contributed by atoms with Crippen LogP contribution in [0.5, 0.6) is 0 Å². The maximum atomic E-state index is 12.8. The molecule has 0 aliphatic heterocycles. The van der Waals surface area contributed by atoms with E-state index in [1.807, 2.05) is 0 Å². The van der Waals surface area contributed by atoms with Crippen LogP contribution >= 0.6 is 11.8 Å². The summed E-state index contributed by atoms with van der Waals surface area (Å²) in [7, 11) is 0. The number of amides is 3. The zero-order valence-electron chi connectivity index (χ0n) is 18.5. The zero-order valence-corrected chi connectivity index (χ0v) is 19.3. The van der Waals surface area contributed by atoms with E-state index in [1.165, 1.54) is 18.7 Å². The summed E-state index contributed by atoms with van der Waals surface area (Å²) in [6, 6.07) is -4.33. The van der Waals surface area contributed by atoms with E-state index in [0.29, 0.717) is 31.6 Å². The molecule has 0 saturated heterocycles. The van der Waals surface area contributed by atoms with Crippen molar-refractivity contribution in [3.8, 4) is 0 Å². The molecule has 9 N–H and O–H groups in total. The van der Waals surface area contributed by atoms with Crippen LogP contribution in [-0.2, 0) is 24.0 Å². The first kappa shape index (κ1) is 29.6. The first-order chi connectivity index (χ1) is 15.0. The van der Waals surface area contributed by atoms with E-state index in [1.54, 1.807) is 6.26 Å². The zero-order chi connectivity index (χ0) is 24.7. The number of aliphatic carboxylic acids is 2. The molecule has 32 heavy (non-hydrogen) atoms. The van der Waals surface area contributed by atoms with E-state index in [2.05, 4.69) is 16.0 Å². The minimum Gasteiger partial charge on any atom is -0.481 e. The second-order valence-electron chi connectivity index (χ2n) is 7.30. The van der Waals surface area contributed by atoms with Gasteiger partial charge in [0.15, 0.2) is 0 Å². The van der Waals surface area contributed by atoms with E-state index >= 15 is 0 Å². The number of carbonyl (C=O) groups excluding carboxylic acids is 3. The lowest BCUT2D eigenvalue weighted by molar-refractivity contribution is -0.141. The van der Waals surface area contributed by atoms with Crippen LogP contribution in [0.1, 0.15) is 45.4 Å². The van der Waals surface area contributed by atoms with Crippen LogP contribution in [0.25, 0.3) is 0 Å². The number of nitrogens with one attached hydrogen (secondary N) is 3. The lowest BCUT2D eigenvalue weighted by Gasteiger charge is -2.24. The Hall–Kier alpha value is -2.38. The van der Waals surface area contributed by atoms with Crippen molar-refractivity contribution in [1.29, 1.82) is 0 Å². The van der Waals surface area contributed by atoms with E-state index in [4.69, 9.17) is 21.7 Å². The Balaban J connectivity index is 5.28. The molecule has 13 heteroatoms. The summed E-state index contributed by atoms with van der Waals surface area (Å²) in [5, 5.41) is 25.2. The number of carboxylic acid groups (broad SMARTS) is 2. The van der Waals surface area contributed by atoms with Crippen molar-refractivity contribution in [2.45, 2.75) is 69.6 Å². The summed E-state index contributed by atoms with van der Waals surface area (Å²) in [4.78, 5) is 59.6. The molecule has 0 aromatic rings. The third-order valence-corrected chi connectivity index (χ3v) is 5.20. The molecule has 4 unspecified atom stereocenters. The van der Waals surface area contributed by atoms with Gasteiger partial charge in [-0.1, -0.05) is 6.42 Å². The molecule has 4 atom stereocenters. The minimum atomic E-state index is -1.23. The van der Waals surface area contributed by atoms with Crippen molar-refractivity contribution in [2.75, 3.05) is 18.6 Å². The van der Waals surface area contributed by atoms with Crippen molar-refractivity contribution in [3.63, 3.8) is 0 Å². The Labute approximate surface area is 191 Å². The third-order valence-electron chi connectivity index (χ3n) is 4.56. The maximum absolute atomic E-state index is 12.8. The van der Waals surface area contributed by atoms with Gasteiger partial charge in [-0.05, 0) is 51.2 Å². The van der Waals surface area contributed by atoms with Crippen LogP contribution in [-0.4, -0.2) is 82.6 Å². The molecule has 0 aliphatic rings. The molecule has 0 bridgehead atoms. The Morgan fingerprint density at radius 3 is 1.97 bits per heavy atom. The molecule has 0 aromatic carbocycles. The summed E-state index contributed by atoms with van der Waals surface area (Å²) < 4.78 is 0. The molecule has 0 aromatic heterocycles. The van der Waals surface area contributed by atoms with E-state index in [0.717, 1.165) is 0 Å². The fourth-order valence-corrected chi connectivity index (χ4v) is 3.08. The summed E-state index contributed by atoms with van der Waals surface area (Å²) in [5.74, 6) is -3.95. The standard InChI is InChI=1S/C19H35N5O7S/c1-11(19(30)31)22-17(28)14(8-10-32-2)24-18(29)13(6-7-15(25)26)23-16(27)12(21)5-3-4-9-20/h11-14H,3-10,20-21H2,1-2H3,(H,22,28)(H,23,27)(H,24,29)(H,25,26)(H,30,31).